The summed E-state index contributed by atoms with van der Waals surface area (Å²) in [5, 5.41) is 4.29. The van der Waals surface area contributed by atoms with E-state index in [2.05, 4.69) is 63.3 Å². The maximum absolute atomic E-state index is 12.8. The maximum atomic E-state index is 12.8. The average molecular weight is 435 g/mol. The van der Waals surface area contributed by atoms with Gasteiger partial charge < -0.3 is 5.32 Å². The summed E-state index contributed by atoms with van der Waals surface area (Å²) in [7, 11) is -1.70. The van der Waals surface area contributed by atoms with Crippen molar-refractivity contribution in [3.05, 3.63) is 42.1 Å². The van der Waals surface area contributed by atoms with Crippen molar-refractivity contribution in [3.8, 4) is 11.5 Å². The molecule has 1 N–H and O–H groups in total. The summed E-state index contributed by atoms with van der Waals surface area (Å²) in [5.41, 5.74) is 7.20. The number of fused-ring (bicyclic) bond motifs is 1. The van der Waals surface area contributed by atoms with Crippen LogP contribution >= 0.6 is 0 Å². The summed E-state index contributed by atoms with van der Waals surface area (Å²) >= 11 is 0. The molecule has 2 aromatic rings. The van der Waals surface area contributed by atoms with Crippen LogP contribution in [0.2, 0.25) is 16.6 Å². The predicted octanol–water partition coefficient (Wildman–Crippen LogP) is 6.74. The van der Waals surface area contributed by atoms with Crippen molar-refractivity contribution in [1.82, 2.24) is 10.3 Å². The number of nitrogens with zero attached hydrogens (tertiary/aromatic N) is 1. The molecule has 2 atom stereocenters. The van der Waals surface area contributed by atoms with Crippen LogP contribution in [0.25, 0.3) is 10.9 Å². The van der Waals surface area contributed by atoms with E-state index in [0.717, 1.165) is 36.6 Å². The third-order valence-corrected chi connectivity index (χ3v) is 13.5. The predicted molar refractivity (Wildman–Crippen MR) is 134 cm³/mol. The van der Waals surface area contributed by atoms with Crippen LogP contribution in [0.3, 0.4) is 0 Å². The van der Waals surface area contributed by atoms with Crippen molar-refractivity contribution < 1.29 is 4.79 Å². The highest BCUT2D eigenvalue weighted by Crippen LogP contribution is 2.41. The molecule has 1 aromatic heterocycles. The normalized spacial score (nSPS) is 19.5. The smallest absolute Gasteiger partial charge is 0.270 e. The Morgan fingerprint density at radius 2 is 1.68 bits per heavy atom. The molecule has 0 aliphatic heterocycles. The first kappa shape index (κ1) is 23.5. The van der Waals surface area contributed by atoms with Gasteiger partial charge in [-0.3, -0.25) is 4.79 Å². The largest absolute Gasteiger partial charge is 0.348 e. The van der Waals surface area contributed by atoms with Crippen molar-refractivity contribution in [3.63, 3.8) is 0 Å². The van der Waals surface area contributed by atoms with Crippen LogP contribution in [0.4, 0.5) is 0 Å². The van der Waals surface area contributed by atoms with Crippen molar-refractivity contribution in [2.24, 2.45) is 5.92 Å². The Kier molecular flexibility index (Phi) is 7.59. The van der Waals surface area contributed by atoms with E-state index in [1.54, 1.807) is 0 Å². The van der Waals surface area contributed by atoms with Gasteiger partial charge in [-0.15, -0.1) is 11.5 Å². The minimum atomic E-state index is -1.70. The minimum absolute atomic E-state index is 0.0698. The zero-order chi connectivity index (χ0) is 22.6. The van der Waals surface area contributed by atoms with Crippen LogP contribution in [-0.2, 0) is 0 Å². The van der Waals surface area contributed by atoms with Crippen molar-refractivity contribution in [2.45, 2.75) is 89.9 Å². The van der Waals surface area contributed by atoms with Gasteiger partial charge in [0.15, 0.2) is 0 Å². The van der Waals surface area contributed by atoms with Crippen LogP contribution < -0.4 is 5.32 Å². The third kappa shape index (κ3) is 5.21. The summed E-state index contributed by atoms with van der Waals surface area (Å²) in [6, 6.07) is 11.9. The molecule has 1 saturated carbocycles. The number of amides is 1. The number of benzene rings is 1. The summed E-state index contributed by atoms with van der Waals surface area (Å²) in [6.07, 6.45) is 4.24. The average Bonchev–Trinajstić information content (AvgIpc) is 2.73. The fraction of sp³-hybridized carbons (Fsp3) is 0.556. The fourth-order valence-electron chi connectivity index (χ4n) is 5.56. The topological polar surface area (TPSA) is 42.0 Å². The van der Waals surface area contributed by atoms with Crippen LogP contribution in [0, 0.1) is 17.4 Å². The summed E-state index contributed by atoms with van der Waals surface area (Å²) < 4.78 is 0. The Morgan fingerprint density at radius 3 is 2.35 bits per heavy atom. The van der Waals surface area contributed by atoms with E-state index < -0.39 is 8.07 Å². The van der Waals surface area contributed by atoms with Gasteiger partial charge in [0.05, 0.1) is 5.52 Å². The molecule has 1 heterocycles. The van der Waals surface area contributed by atoms with Gasteiger partial charge in [-0.1, -0.05) is 72.2 Å². The Balaban J connectivity index is 1.70. The molecule has 1 aromatic carbocycles. The van der Waals surface area contributed by atoms with E-state index in [-0.39, 0.29) is 11.9 Å². The number of carbonyl (C=O) groups excluding carboxylic acids is 1. The first-order valence-electron chi connectivity index (χ1n) is 11.9. The molecular formula is C27H38N2OSi. The molecule has 31 heavy (non-hydrogen) atoms. The fourth-order valence-corrected chi connectivity index (χ4v) is 10.9. The molecule has 166 valence electrons. The zero-order valence-electron chi connectivity index (χ0n) is 20.0. The van der Waals surface area contributed by atoms with Gasteiger partial charge in [0.25, 0.3) is 5.91 Å². The molecule has 0 bridgehead atoms. The lowest BCUT2D eigenvalue weighted by atomic mass is 9.86. The van der Waals surface area contributed by atoms with E-state index >= 15 is 0 Å². The molecule has 1 fully saturated rings. The number of hydrogen-bond acceptors (Lipinski definition) is 2. The second-order valence-electron chi connectivity index (χ2n) is 10.1. The van der Waals surface area contributed by atoms with E-state index in [0.29, 0.717) is 28.2 Å². The molecule has 1 amide bonds. The Labute approximate surface area is 189 Å². The highest BCUT2D eigenvalue weighted by molar-refractivity contribution is 6.90. The molecule has 3 rings (SSSR count). The van der Waals surface area contributed by atoms with Crippen LogP contribution in [-0.4, -0.2) is 25.0 Å². The van der Waals surface area contributed by atoms with Crippen LogP contribution in [0.5, 0.6) is 0 Å². The number of aromatic nitrogens is 1. The van der Waals surface area contributed by atoms with Gasteiger partial charge in [0.2, 0.25) is 0 Å². The lowest BCUT2D eigenvalue weighted by Crippen LogP contribution is -2.43. The van der Waals surface area contributed by atoms with E-state index in [4.69, 9.17) is 0 Å². The van der Waals surface area contributed by atoms with Gasteiger partial charge in [-0.25, -0.2) is 4.98 Å². The highest BCUT2D eigenvalue weighted by atomic mass is 28.3. The summed E-state index contributed by atoms with van der Waals surface area (Å²) in [5.74, 6) is 4.03. The van der Waals surface area contributed by atoms with Crippen LogP contribution in [0.1, 0.15) is 77.7 Å². The van der Waals surface area contributed by atoms with Crippen molar-refractivity contribution in [2.75, 3.05) is 0 Å². The number of nitrogens with one attached hydrogen (secondary N) is 1. The minimum Gasteiger partial charge on any atom is -0.348 e. The second-order valence-corrected chi connectivity index (χ2v) is 15.7. The number of carbonyl (C=O) groups is 1. The van der Waals surface area contributed by atoms with Gasteiger partial charge >= 0.3 is 0 Å². The number of hydrogen-bond donors (Lipinski definition) is 1. The third-order valence-electron chi connectivity index (χ3n) is 7.20. The zero-order valence-corrected chi connectivity index (χ0v) is 21.0. The molecule has 0 radical (unpaired) electrons. The Morgan fingerprint density at radius 1 is 1.00 bits per heavy atom. The Bertz CT molecular complexity index is 948. The van der Waals surface area contributed by atoms with Gasteiger partial charge in [-0.2, -0.15) is 0 Å². The molecule has 0 spiro atoms. The van der Waals surface area contributed by atoms with Gasteiger partial charge in [0.1, 0.15) is 13.8 Å². The molecule has 1 aliphatic carbocycles. The number of pyridine rings is 1. The van der Waals surface area contributed by atoms with E-state index in [1.807, 2.05) is 36.4 Å². The molecular weight excluding hydrogens is 396 g/mol. The highest BCUT2D eigenvalue weighted by Gasteiger charge is 2.41. The molecule has 4 heteroatoms. The molecule has 3 nitrogen and oxygen atoms in total. The maximum Gasteiger partial charge on any atom is 0.270 e. The molecule has 2 unspecified atom stereocenters. The second kappa shape index (κ2) is 10.00. The lowest BCUT2D eigenvalue weighted by Gasteiger charge is -2.38. The molecule has 0 saturated heterocycles. The van der Waals surface area contributed by atoms with E-state index in [9.17, 15) is 4.79 Å². The molecule has 1 aliphatic rings. The Hall–Kier alpha value is -2.12. The van der Waals surface area contributed by atoms with Crippen molar-refractivity contribution in [1.29, 1.82) is 0 Å². The quantitative estimate of drug-likeness (QED) is 0.418. The SMILES string of the molecule is CC(C)[Si](C#CC1CCCC(NC(=O)c2ccc3ccccc3n2)C1)(C(C)C)C(C)C. The van der Waals surface area contributed by atoms with Crippen molar-refractivity contribution >= 4 is 24.9 Å². The van der Waals surface area contributed by atoms with Gasteiger partial charge in [-0.05, 0) is 48.0 Å². The summed E-state index contributed by atoms with van der Waals surface area (Å²) in [6.45, 7) is 14.2. The monoisotopic (exact) mass is 434 g/mol. The van der Waals surface area contributed by atoms with Gasteiger partial charge in [0, 0.05) is 17.3 Å². The lowest BCUT2D eigenvalue weighted by molar-refractivity contribution is 0.0919. The summed E-state index contributed by atoms with van der Waals surface area (Å²) in [4.78, 5) is 17.4. The first-order chi connectivity index (χ1) is 14.7. The van der Waals surface area contributed by atoms with Crippen LogP contribution in [0.15, 0.2) is 36.4 Å². The standard InChI is InChI=1S/C27H38N2OSi/c1-19(2)31(20(3)4,21(5)6)17-16-22-10-9-12-24(18-22)28-27(30)26-15-14-23-11-7-8-13-25(23)29-26/h7-8,11,13-15,19-22,24H,9-10,12,18H2,1-6H3,(H,28,30). The number of para-hydroxylation sites is 1. The number of rotatable bonds is 5. The van der Waals surface area contributed by atoms with E-state index in [1.165, 1.54) is 0 Å². The first-order valence-corrected chi connectivity index (χ1v) is 14.2.